The molecule has 0 amide bonds. The summed E-state index contributed by atoms with van der Waals surface area (Å²) in [5.74, 6) is -0.608. The first-order valence-corrected chi connectivity index (χ1v) is 6.81. The highest BCUT2D eigenvalue weighted by Crippen LogP contribution is 2.29. The average Bonchev–Trinajstić information content (AvgIpc) is 2.38. The SMILES string of the molecule is O=C(O)c1cccc(Cl)c1COc1ccc(S)cc1Cl. The molecule has 0 spiro atoms. The second-order valence-electron chi connectivity index (χ2n) is 3.97. The number of hydrogen-bond acceptors (Lipinski definition) is 3. The van der Waals surface area contributed by atoms with Gasteiger partial charge in [-0.1, -0.05) is 29.3 Å². The maximum absolute atomic E-state index is 11.1. The number of rotatable bonds is 4. The predicted molar refractivity (Wildman–Crippen MR) is 81.4 cm³/mol. The third-order valence-electron chi connectivity index (χ3n) is 2.64. The Balaban J connectivity index is 2.25. The first-order valence-electron chi connectivity index (χ1n) is 5.61. The Labute approximate surface area is 131 Å². The van der Waals surface area contributed by atoms with E-state index in [1.54, 1.807) is 30.3 Å². The van der Waals surface area contributed by atoms with Crippen molar-refractivity contribution in [3.8, 4) is 5.75 Å². The summed E-state index contributed by atoms with van der Waals surface area (Å²) in [6, 6.07) is 9.72. The van der Waals surface area contributed by atoms with Gasteiger partial charge in [0.1, 0.15) is 12.4 Å². The molecule has 0 heterocycles. The lowest BCUT2D eigenvalue weighted by atomic mass is 10.1. The molecule has 6 heteroatoms. The number of aromatic carboxylic acids is 1. The zero-order valence-corrected chi connectivity index (χ0v) is 12.5. The Morgan fingerprint density at radius 1 is 1.20 bits per heavy atom. The highest BCUT2D eigenvalue weighted by atomic mass is 35.5. The van der Waals surface area contributed by atoms with Crippen molar-refractivity contribution in [3.05, 3.63) is 57.6 Å². The third-order valence-corrected chi connectivity index (χ3v) is 3.56. The Morgan fingerprint density at radius 2 is 1.95 bits per heavy atom. The first kappa shape index (κ1) is 15.0. The van der Waals surface area contributed by atoms with Crippen molar-refractivity contribution < 1.29 is 14.6 Å². The fourth-order valence-electron chi connectivity index (χ4n) is 1.66. The lowest BCUT2D eigenvalue weighted by molar-refractivity contribution is 0.0694. The van der Waals surface area contributed by atoms with Crippen molar-refractivity contribution in [3.63, 3.8) is 0 Å². The number of carbonyl (C=O) groups is 1. The molecule has 0 bridgehead atoms. The zero-order valence-electron chi connectivity index (χ0n) is 10.1. The second-order valence-corrected chi connectivity index (χ2v) is 5.31. The molecule has 2 aromatic rings. The molecule has 0 unspecified atom stereocenters. The van der Waals surface area contributed by atoms with Gasteiger partial charge in [0.2, 0.25) is 0 Å². The maximum Gasteiger partial charge on any atom is 0.336 e. The van der Waals surface area contributed by atoms with Crippen LogP contribution in [0.25, 0.3) is 0 Å². The van der Waals surface area contributed by atoms with Gasteiger partial charge in [-0.05, 0) is 30.3 Å². The molecular weight excluding hydrogens is 319 g/mol. The van der Waals surface area contributed by atoms with Gasteiger partial charge in [-0.2, -0.15) is 0 Å². The normalized spacial score (nSPS) is 10.3. The minimum absolute atomic E-state index is 0.0208. The van der Waals surface area contributed by atoms with Gasteiger partial charge in [0.05, 0.1) is 10.6 Å². The summed E-state index contributed by atoms with van der Waals surface area (Å²) >= 11 is 16.2. The number of halogens is 2. The summed E-state index contributed by atoms with van der Waals surface area (Å²) < 4.78 is 5.54. The molecule has 1 N–H and O–H groups in total. The Hall–Kier alpha value is -1.36. The molecule has 20 heavy (non-hydrogen) atoms. The summed E-state index contributed by atoms with van der Waals surface area (Å²) in [7, 11) is 0. The van der Waals surface area contributed by atoms with E-state index in [1.165, 1.54) is 6.07 Å². The van der Waals surface area contributed by atoms with Gasteiger partial charge in [-0.3, -0.25) is 0 Å². The molecule has 2 rings (SSSR count). The average molecular weight is 329 g/mol. The van der Waals surface area contributed by atoms with Crippen molar-refractivity contribution in [2.75, 3.05) is 0 Å². The van der Waals surface area contributed by atoms with E-state index in [9.17, 15) is 4.79 Å². The predicted octanol–water partition coefficient (Wildman–Crippen LogP) is 4.56. The quantitative estimate of drug-likeness (QED) is 0.809. The molecule has 0 aromatic heterocycles. The Bertz CT molecular complexity index is 659. The minimum atomic E-state index is -1.05. The Morgan fingerprint density at radius 3 is 2.60 bits per heavy atom. The number of carboxylic acid groups (broad SMARTS) is 1. The summed E-state index contributed by atoms with van der Waals surface area (Å²) in [5.41, 5.74) is 0.520. The van der Waals surface area contributed by atoms with Gasteiger partial charge in [0.15, 0.2) is 0 Å². The van der Waals surface area contributed by atoms with Crippen LogP contribution in [0.5, 0.6) is 5.75 Å². The van der Waals surface area contributed by atoms with Crippen LogP contribution in [-0.2, 0) is 6.61 Å². The van der Waals surface area contributed by atoms with E-state index in [0.29, 0.717) is 26.3 Å². The molecule has 2 aromatic carbocycles. The van der Waals surface area contributed by atoms with E-state index in [2.05, 4.69) is 12.6 Å². The summed E-state index contributed by atoms with van der Waals surface area (Å²) in [6.07, 6.45) is 0. The molecule has 0 aliphatic rings. The van der Waals surface area contributed by atoms with Crippen LogP contribution >= 0.6 is 35.8 Å². The van der Waals surface area contributed by atoms with E-state index in [4.69, 9.17) is 33.0 Å². The summed E-state index contributed by atoms with van der Waals surface area (Å²) in [4.78, 5) is 11.9. The molecule has 0 saturated heterocycles. The molecule has 3 nitrogen and oxygen atoms in total. The van der Waals surface area contributed by atoms with Gasteiger partial charge < -0.3 is 9.84 Å². The molecule has 104 valence electrons. The second kappa shape index (κ2) is 6.39. The van der Waals surface area contributed by atoms with Gasteiger partial charge in [-0.25, -0.2) is 4.79 Å². The number of thiol groups is 1. The monoisotopic (exact) mass is 328 g/mol. The van der Waals surface area contributed by atoms with E-state index in [-0.39, 0.29) is 12.2 Å². The molecule has 0 fully saturated rings. The van der Waals surface area contributed by atoms with Crippen LogP contribution < -0.4 is 4.74 Å². The van der Waals surface area contributed by atoms with E-state index in [0.717, 1.165) is 0 Å². The standard InChI is InChI=1S/C14H10Cl2O3S/c15-11-3-1-2-9(14(17)18)10(11)7-19-13-5-4-8(20)6-12(13)16/h1-6,20H,7H2,(H,17,18). The van der Waals surface area contributed by atoms with Gasteiger partial charge in [0.25, 0.3) is 0 Å². The maximum atomic E-state index is 11.1. The first-order chi connectivity index (χ1) is 9.49. The fourth-order valence-corrected chi connectivity index (χ4v) is 2.41. The lowest BCUT2D eigenvalue weighted by Crippen LogP contribution is -2.06. The number of ether oxygens (including phenoxy) is 1. The van der Waals surface area contributed by atoms with Crippen molar-refractivity contribution in [1.82, 2.24) is 0 Å². The summed E-state index contributed by atoms with van der Waals surface area (Å²) in [6.45, 7) is 0.0208. The fraction of sp³-hybridized carbons (Fsp3) is 0.0714. The molecule has 0 aliphatic carbocycles. The van der Waals surface area contributed by atoms with Crippen molar-refractivity contribution in [2.24, 2.45) is 0 Å². The zero-order chi connectivity index (χ0) is 14.7. The van der Waals surface area contributed by atoms with Crippen LogP contribution in [0.15, 0.2) is 41.3 Å². The van der Waals surface area contributed by atoms with E-state index >= 15 is 0 Å². The van der Waals surface area contributed by atoms with Crippen LogP contribution in [-0.4, -0.2) is 11.1 Å². The van der Waals surface area contributed by atoms with Crippen molar-refractivity contribution in [1.29, 1.82) is 0 Å². The largest absolute Gasteiger partial charge is 0.487 e. The molecule has 0 radical (unpaired) electrons. The highest BCUT2D eigenvalue weighted by Gasteiger charge is 2.14. The number of hydrogen-bond donors (Lipinski definition) is 2. The van der Waals surface area contributed by atoms with Crippen LogP contribution in [0, 0.1) is 0 Å². The molecule has 0 saturated carbocycles. The molecular formula is C14H10Cl2O3S. The van der Waals surface area contributed by atoms with E-state index in [1.807, 2.05) is 0 Å². The number of benzene rings is 2. The highest BCUT2D eigenvalue weighted by molar-refractivity contribution is 7.80. The van der Waals surface area contributed by atoms with Crippen LogP contribution in [0.4, 0.5) is 0 Å². The molecule has 0 aliphatic heterocycles. The van der Waals surface area contributed by atoms with Gasteiger partial charge in [0, 0.05) is 15.5 Å². The van der Waals surface area contributed by atoms with Gasteiger partial charge in [-0.15, -0.1) is 12.6 Å². The topological polar surface area (TPSA) is 46.5 Å². The Kier molecular flexibility index (Phi) is 4.81. The van der Waals surface area contributed by atoms with Crippen LogP contribution in [0.3, 0.4) is 0 Å². The smallest absolute Gasteiger partial charge is 0.336 e. The minimum Gasteiger partial charge on any atom is -0.487 e. The number of carboxylic acids is 1. The van der Waals surface area contributed by atoms with E-state index < -0.39 is 5.97 Å². The summed E-state index contributed by atoms with van der Waals surface area (Å²) in [5, 5.41) is 9.87. The van der Waals surface area contributed by atoms with Crippen molar-refractivity contribution >= 4 is 41.8 Å². The van der Waals surface area contributed by atoms with Crippen LogP contribution in [0.1, 0.15) is 15.9 Å². The van der Waals surface area contributed by atoms with Gasteiger partial charge >= 0.3 is 5.97 Å². The van der Waals surface area contributed by atoms with Crippen LogP contribution in [0.2, 0.25) is 10.0 Å². The third kappa shape index (κ3) is 3.39. The lowest BCUT2D eigenvalue weighted by Gasteiger charge is -2.11. The van der Waals surface area contributed by atoms with Crippen molar-refractivity contribution in [2.45, 2.75) is 11.5 Å². The molecule has 0 atom stereocenters.